The molecule has 88 valence electrons. The Morgan fingerprint density at radius 2 is 1.41 bits per heavy atom. The highest BCUT2D eigenvalue weighted by Gasteiger charge is 1.94. The van der Waals surface area contributed by atoms with E-state index in [0.29, 0.717) is 0 Å². The van der Waals surface area contributed by atoms with Crippen molar-refractivity contribution in [3.63, 3.8) is 0 Å². The standard InChI is InChI=1S/C15H18N2/c1-2-7-14(6-1)12-16-10-5-11-17-13-15-8-3-4-9-15/h1-4,6,8,12-13H,5,7,9-11H2. The molecule has 0 amide bonds. The minimum Gasteiger partial charge on any atom is -0.293 e. The summed E-state index contributed by atoms with van der Waals surface area (Å²) in [6.07, 6.45) is 19.7. The highest BCUT2D eigenvalue weighted by atomic mass is 14.7. The van der Waals surface area contributed by atoms with Gasteiger partial charge < -0.3 is 0 Å². The maximum absolute atomic E-state index is 4.39. The van der Waals surface area contributed by atoms with Gasteiger partial charge in [-0.3, -0.25) is 9.98 Å². The first kappa shape index (κ1) is 11.8. The van der Waals surface area contributed by atoms with Crippen LogP contribution >= 0.6 is 0 Å². The van der Waals surface area contributed by atoms with Gasteiger partial charge in [-0.15, -0.1) is 0 Å². The molecule has 0 aromatic heterocycles. The fourth-order valence-electron chi connectivity index (χ4n) is 1.74. The predicted molar refractivity (Wildman–Crippen MR) is 75.0 cm³/mol. The largest absolute Gasteiger partial charge is 0.293 e. The summed E-state index contributed by atoms with van der Waals surface area (Å²) < 4.78 is 0. The maximum Gasteiger partial charge on any atom is 0.0407 e. The van der Waals surface area contributed by atoms with E-state index in [2.05, 4.69) is 46.4 Å². The number of aliphatic imine (C=N–C) groups is 2. The number of hydrogen-bond donors (Lipinski definition) is 0. The van der Waals surface area contributed by atoms with Gasteiger partial charge in [-0.2, -0.15) is 0 Å². The van der Waals surface area contributed by atoms with Crippen LogP contribution in [0.1, 0.15) is 19.3 Å². The van der Waals surface area contributed by atoms with Gasteiger partial charge in [0.1, 0.15) is 0 Å². The number of nitrogens with zero attached hydrogens (tertiary/aromatic N) is 2. The Balaban J connectivity index is 1.54. The summed E-state index contributed by atoms with van der Waals surface area (Å²) in [4.78, 5) is 8.78. The Morgan fingerprint density at radius 3 is 1.82 bits per heavy atom. The molecule has 2 aliphatic carbocycles. The molecule has 2 heteroatoms. The number of allylic oxidation sites excluding steroid dienone is 8. The summed E-state index contributed by atoms with van der Waals surface area (Å²) in [6.45, 7) is 1.73. The zero-order valence-electron chi connectivity index (χ0n) is 10.0. The van der Waals surface area contributed by atoms with Crippen molar-refractivity contribution >= 4 is 12.4 Å². The van der Waals surface area contributed by atoms with E-state index in [1.165, 1.54) is 11.1 Å². The van der Waals surface area contributed by atoms with Crippen LogP contribution in [0.4, 0.5) is 0 Å². The molecule has 0 fully saturated rings. The van der Waals surface area contributed by atoms with Gasteiger partial charge in [0, 0.05) is 25.5 Å². The maximum atomic E-state index is 4.39. The first-order valence-electron chi connectivity index (χ1n) is 6.16. The van der Waals surface area contributed by atoms with Crippen molar-refractivity contribution in [3.05, 3.63) is 47.6 Å². The van der Waals surface area contributed by atoms with E-state index in [0.717, 1.165) is 32.4 Å². The molecule has 0 aliphatic heterocycles. The lowest BCUT2D eigenvalue weighted by atomic mass is 10.2. The van der Waals surface area contributed by atoms with Crippen LogP contribution in [-0.2, 0) is 0 Å². The second-order valence-electron chi connectivity index (χ2n) is 4.17. The van der Waals surface area contributed by atoms with Gasteiger partial charge >= 0.3 is 0 Å². The monoisotopic (exact) mass is 226 g/mol. The highest BCUT2D eigenvalue weighted by molar-refractivity contribution is 5.81. The molecule has 17 heavy (non-hydrogen) atoms. The lowest BCUT2D eigenvalue weighted by Crippen LogP contribution is -1.89. The fourth-order valence-corrected chi connectivity index (χ4v) is 1.74. The van der Waals surface area contributed by atoms with Gasteiger partial charge in [-0.25, -0.2) is 0 Å². The van der Waals surface area contributed by atoms with E-state index in [1.807, 2.05) is 12.4 Å². The van der Waals surface area contributed by atoms with Gasteiger partial charge in [0.05, 0.1) is 0 Å². The second kappa shape index (κ2) is 6.79. The molecule has 0 saturated heterocycles. The van der Waals surface area contributed by atoms with Crippen LogP contribution in [-0.4, -0.2) is 25.5 Å². The Hall–Kier alpha value is -1.70. The molecule has 0 bridgehead atoms. The van der Waals surface area contributed by atoms with E-state index < -0.39 is 0 Å². The SMILES string of the molecule is C1=CCC(C=NCCCN=CC2=CC=CC2)=C1. The van der Waals surface area contributed by atoms with E-state index in [9.17, 15) is 0 Å². The molecular formula is C15H18N2. The molecule has 2 rings (SSSR count). The first-order chi connectivity index (χ1) is 8.45. The highest BCUT2D eigenvalue weighted by Crippen LogP contribution is 2.08. The van der Waals surface area contributed by atoms with Gasteiger partial charge in [0.2, 0.25) is 0 Å². The van der Waals surface area contributed by atoms with Crippen molar-refractivity contribution < 1.29 is 0 Å². The molecule has 2 aliphatic rings. The fraction of sp³-hybridized carbons (Fsp3) is 0.333. The summed E-state index contributed by atoms with van der Waals surface area (Å²) in [6, 6.07) is 0. The second-order valence-corrected chi connectivity index (χ2v) is 4.17. The van der Waals surface area contributed by atoms with Gasteiger partial charge in [-0.05, 0) is 30.4 Å². The van der Waals surface area contributed by atoms with Crippen LogP contribution in [0, 0.1) is 0 Å². The molecule has 0 radical (unpaired) electrons. The van der Waals surface area contributed by atoms with Gasteiger partial charge in [0.15, 0.2) is 0 Å². The summed E-state index contributed by atoms with van der Waals surface area (Å²) in [5.41, 5.74) is 2.60. The van der Waals surface area contributed by atoms with Crippen molar-refractivity contribution in [2.24, 2.45) is 9.98 Å². The quantitative estimate of drug-likeness (QED) is 0.490. The molecule has 0 saturated carbocycles. The first-order valence-corrected chi connectivity index (χ1v) is 6.16. The summed E-state index contributed by atoms with van der Waals surface area (Å²) in [7, 11) is 0. The molecule has 0 atom stereocenters. The Labute approximate surface area is 103 Å². The summed E-state index contributed by atoms with van der Waals surface area (Å²) >= 11 is 0. The average molecular weight is 226 g/mol. The van der Waals surface area contributed by atoms with Crippen LogP contribution in [0.15, 0.2) is 57.6 Å². The summed E-state index contributed by atoms with van der Waals surface area (Å²) in [5, 5.41) is 0. The van der Waals surface area contributed by atoms with Crippen LogP contribution in [0.5, 0.6) is 0 Å². The van der Waals surface area contributed by atoms with Crippen molar-refractivity contribution in [1.82, 2.24) is 0 Å². The topological polar surface area (TPSA) is 24.7 Å². The minimum absolute atomic E-state index is 0.867. The minimum atomic E-state index is 0.867. The molecular weight excluding hydrogens is 208 g/mol. The van der Waals surface area contributed by atoms with E-state index in [1.54, 1.807) is 0 Å². The van der Waals surface area contributed by atoms with Crippen LogP contribution < -0.4 is 0 Å². The Kier molecular flexibility index (Phi) is 4.70. The van der Waals surface area contributed by atoms with Crippen molar-refractivity contribution in [3.8, 4) is 0 Å². The van der Waals surface area contributed by atoms with Crippen molar-refractivity contribution in [1.29, 1.82) is 0 Å². The lowest BCUT2D eigenvalue weighted by Gasteiger charge is -1.94. The van der Waals surface area contributed by atoms with E-state index >= 15 is 0 Å². The molecule has 0 aromatic rings. The molecule has 0 unspecified atom stereocenters. The van der Waals surface area contributed by atoms with Gasteiger partial charge in [0.25, 0.3) is 0 Å². The van der Waals surface area contributed by atoms with Gasteiger partial charge in [-0.1, -0.05) is 36.5 Å². The molecule has 2 nitrogen and oxygen atoms in total. The molecule has 0 aromatic carbocycles. The number of rotatable bonds is 6. The van der Waals surface area contributed by atoms with E-state index in [4.69, 9.17) is 0 Å². The third-order valence-corrected chi connectivity index (χ3v) is 2.69. The van der Waals surface area contributed by atoms with Crippen LogP contribution in [0.2, 0.25) is 0 Å². The third-order valence-electron chi connectivity index (χ3n) is 2.69. The lowest BCUT2D eigenvalue weighted by molar-refractivity contribution is 0.850. The zero-order chi connectivity index (χ0) is 11.8. The van der Waals surface area contributed by atoms with Crippen molar-refractivity contribution in [2.45, 2.75) is 19.3 Å². The van der Waals surface area contributed by atoms with Crippen LogP contribution in [0.3, 0.4) is 0 Å². The number of hydrogen-bond acceptors (Lipinski definition) is 2. The predicted octanol–water partition coefficient (Wildman–Crippen LogP) is 3.29. The molecule has 0 spiro atoms. The Morgan fingerprint density at radius 1 is 0.882 bits per heavy atom. The average Bonchev–Trinajstić information content (AvgIpc) is 3.00. The normalized spacial score (nSPS) is 18.6. The summed E-state index contributed by atoms with van der Waals surface area (Å²) in [5.74, 6) is 0. The van der Waals surface area contributed by atoms with Crippen molar-refractivity contribution in [2.75, 3.05) is 13.1 Å². The zero-order valence-corrected chi connectivity index (χ0v) is 10.0. The molecule has 0 N–H and O–H groups in total. The van der Waals surface area contributed by atoms with E-state index in [-0.39, 0.29) is 0 Å². The smallest absolute Gasteiger partial charge is 0.0407 e. The molecule has 0 heterocycles. The Bertz CT molecular complexity index is 380. The third kappa shape index (κ3) is 4.35. The van der Waals surface area contributed by atoms with Crippen LogP contribution in [0.25, 0.3) is 0 Å².